The van der Waals surface area contributed by atoms with Crippen LogP contribution in [0.3, 0.4) is 0 Å². The van der Waals surface area contributed by atoms with Crippen LogP contribution in [0.1, 0.15) is 32.8 Å². The van der Waals surface area contributed by atoms with Crippen LogP contribution >= 0.6 is 0 Å². The molecule has 1 aliphatic heterocycles. The first-order chi connectivity index (χ1) is 14.7. The Morgan fingerprint density at radius 3 is 2.31 bits per heavy atom. The lowest BCUT2D eigenvalue weighted by atomic mass is 10.0. The number of alkyl halides is 3. The minimum absolute atomic E-state index is 0.147. The van der Waals surface area contributed by atoms with Gasteiger partial charge in [-0.3, -0.25) is 19.2 Å². The average Bonchev–Trinajstić information content (AvgIpc) is 2.65. The number of nitrogens with one attached hydrogen (secondary N) is 3. The lowest BCUT2D eigenvalue weighted by Crippen LogP contribution is -2.74. The third-order valence-corrected chi connectivity index (χ3v) is 12.1. The van der Waals surface area contributed by atoms with E-state index < -0.39 is 54.6 Å². The number of carbonyl (C=O) groups excluding carboxylic acids is 3. The lowest BCUT2D eigenvalue weighted by Gasteiger charge is -2.52. The fraction of sp³-hybridized carbons (Fsp3) is 0.571. The summed E-state index contributed by atoms with van der Waals surface area (Å²) in [6.07, 6.45) is -4.69. The third kappa shape index (κ3) is 5.88. The Kier molecular flexibility index (Phi) is 7.77. The summed E-state index contributed by atoms with van der Waals surface area (Å²) in [5.41, 5.74) is 2.78. The number of hydrogen-bond acceptors (Lipinski definition) is 4. The summed E-state index contributed by atoms with van der Waals surface area (Å²) in [6, 6.07) is 8.47. The largest absolute Gasteiger partial charge is 0.471 e. The molecule has 0 spiro atoms. The summed E-state index contributed by atoms with van der Waals surface area (Å²) < 4.78 is 37.7. The average molecular weight is 474 g/mol. The molecular formula is C21H30F3N3O4Si. The zero-order valence-electron chi connectivity index (χ0n) is 18.8. The highest BCUT2D eigenvalue weighted by molar-refractivity contribution is 6.83. The molecule has 0 radical (unpaired) electrons. The van der Waals surface area contributed by atoms with E-state index in [4.69, 9.17) is 4.84 Å². The van der Waals surface area contributed by atoms with Gasteiger partial charge < -0.3 is 10.6 Å². The smallest absolute Gasteiger partial charge is 0.354 e. The van der Waals surface area contributed by atoms with Gasteiger partial charge in [0.2, 0.25) is 5.91 Å². The lowest BCUT2D eigenvalue weighted by molar-refractivity contribution is -0.174. The second-order valence-electron chi connectivity index (χ2n) is 9.39. The van der Waals surface area contributed by atoms with Crippen LogP contribution in [0, 0.1) is 5.92 Å². The van der Waals surface area contributed by atoms with Crippen molar-refractivity contribution in [1.82, 2.24) is 16.1 Å². The molecule has 0 aliphatic carbocycles. The van der Waals surface area contributed by atoms with Crippen molar-refractivity contribution in [3.8, 4) is 0 Å². The fourth-order valence-corrected chi connectivity index (χ4v) is 7.20. The van der Waals surface area contributed by atoms with E-state index in [-0.39, 0.29) is 13.0 Å². The summed E-state index contributed by atoms with van der Waals surface area (Å²) in [5, 5.41) is 4.28. The first-order valence-corrected chi connectivity index (χ1v) is 13.4. The van der Waals surface area contributed by atoms with Gasteiger partial charge >= 0.3 is 12.1 Å². The zero-order chi connectivity index (χ0) is 24.3. The van der Waals surface area contributed by atoms with Gasteiger partial charge in [0.05, 0.1) is 14.7 Å². The van der Waals surface area contributed by atoms with Crippen LogP contribution in [0.2, 0.25) is 18.1 Å². The van der Waals surface area contributed by atoms with Gasteiger partial charge in [-0.25, -0.2) is 5.48 Å². The Morgan fingerprint density at radius 1 is 1.19 bits per heavy atom. The molecule has 0 saturated carbocycles. The predicted octanol–water partition coefficient (Wildman–Crippen LogP) is 2.83. The molecule has 0 aromatic heterocycles. The molecule has 3 atom stereocenters. The van der Waals surface area contributed by atoms with Crippen LogP contribution in [0.25, 0.3) is 0 Å². The second kappa shape index (κ2) is 9.61. The molecule has 1 aromatic rings. The van der Waals surface area contributed by atoms with Gasteiger partial charge in [0.25, 0.3) is 5.91 Å². The molecule has 1 heterocycles. The summed E-state index contributed by atoms with van der Waals surface area (Å²) in [6.45, 7) is 9.38. The standard InChI is InChI=1S/C21H30F3N3O4Si/c1-13(25-19(30)21(22,23)24)11-20(2,3)32(4,5)18-15(16(28)26-18)17(29)27-31-12-14-9-7-6-8-10-14/h6-10,13,15,18H,11-12H2,1-5H3,(H,25,30)(H,26,28)(H,27,29). The number of amides is 3. The third-order valence-electron chi connectivity index (χ3n) is 6.42. The number of rotatable bonds is 9. The van der Waals surface area contributed by atoms with Gasteiger partial charge in [-0.1, -0.05) is 57.3 Å². The summed E-state index contributed by atoms with van der Waals surface area (Å²) in [5.74, 6) is -3.88. The Balaban J connectivity index is 2.00. The molecule has 11 heteroatoms. The van der Waals surface area contributed by atoms with Gasteiger partial charge in [-0.2, -0.15) is 13.2 Å². The molecule has 3 unspecified atom stereocenters. The highest BCUT2D eigenvalue weighted by Crippen LogP contribution is 2.46. The van der Waals surface area contributed by atoms with Gasteiger partial charge in [-0.05, 0) is 23.9 Å². The van der Waals surface area contributed by atoms with E-state index >= 15 is 0 Å². The van der Waals surface area contributed by atoms with Crippen molar-refractivity contribution < 1.29 is 32.4 Å². The van der Waals surface area contributed by atoms with E-state index in [2.05, 4.69) is 10.8 Å². The highest BCUT2D eigenvalue weighted by atomic mass is 28.3. The first kappa shape index (κ1) is 25.9. The highest BCUT2D eigenvalue weighted by Gasteiger charge is 2.58. The molecule has 0 bridgehead atoms. The van der Waals surface area contributed by atoms with E-state index in [0.29, 0.717) is 0 Å². The molecule has 1 fully saturated rings. The van der Waals surface area contributed by atoms with Crippen LogP contribution in [0.4, 0.5) is 13.2 Å². The number of hydrogen-bond donors (Lipinski definition) is 3. The van der Waals surface area contributed by atoms with Crippen molar-refractivity contribution in [2.24, 2.45) is 5.92 Å². The molecule has 1 saturated heterocycles. The molecule has 7 nitrogen and oxygen atoms in total. The SMILES string of the molecule is CC(CC(C)(C)[Si](C)(C)C1NC(=O)C1C(=O)NOCc1ccccc1)NC(=O)C(F)(F)F. The number of hydroxylamine groups is 1. The Labute approximate surface area is 186 Å². The molecule has 2 rings (SSSR count). The zero-order valence-corrected chi connectivity index (χ0v) is 19.8. The maximum Gasteiger partial charge on any atom is 0.471 e. The summed E-state index contributed by atoms with van der Waals surface area (Å²) in [4.78, 5) is 41.3. The van der Waals surface area contributed by atoms with Crippen molar-refractivity contribution in [1.29, 1.82) is 0 Å². The molecule has 1 aliphatic rings. The topological polar surface area (TPSA) is 96.5 Å². The van der Waals surface area contributed by atoms with E-state index in [1.54, 1.807) is 0 Å². The number of carbonyl (C=O) groups is 3. The molecule has 3 amide bonds. The Bertz CT molecular complexity index is 846. The van der Waals surface area contributed by atoms with Crippen LogP contribution in [0.15, 0.2) is 30.3 Å². The van der Waals surface area contributed by atoms with Crippen molar-refractivity contribution in [3.63, 3.8) is 0 Å². The molecule has 3 N–H and O–H groups in total. The molecule has 32 heavy (non-hydrogen) atoms. The minimum Gasteiger partial charge on any atom is -0.354 e. The number of β-lactam (4-membered cyclic amide) rings is 1. The maximum absolute atomic E-state index is 12.6. The summed E-state index contributed by atoms with van der Waals surface area (Å²) in [7, 11) is -2.46. The van der Waals surface area contributed by atoms with Gasteiger partial charge in [0.15, 0.2) is 0 Å². The van der Waals surface area contributed by atoms with Crippen LogP contribution in [0.5, 0.6) is 0 Å². The van der Waals surface area contributed by atoms with Gasteiger partial charge in [-0.15, -0.1) is 0 Å². The van der Waals surface area contributed by atoms with Gasteiger partial charge in [0, 0.05) is 11.7 Å². The predicted molar refractivity (Wildman–Crippen MR) is 115 cm³/mol. The van der Waals surface area contributed by atoms with Crippen molar-refractivity contribution in [2.45, 2.75) is 69.8 Å². The van der Waals surface area contributed by atoms with E-state index in [1.807, 2.05) is 62.6 Å². The van der Waals surface area contributed by atoms with Crippen molar-refractivity contribution >= 4 is 25.8 Å². The molecule has 1 aromatic carbocycles. The van der Waals surface area contributed by atoms with Crippen LogP contribution in [-0.4, -0.2) is 43.7 Å². The number of halogens is 3. The van der Waals surface area contributed by atoms with Crippen molar-refractivity contribution in [2.75, 3.05) is 0 Å². The van der Waals surface area contributed by atoms with E-state index in [0.717, 1.165) is 5.56 Å². The van der Waals surface area contributed by atoms with Crippen LogP contribution < -0.4 is 16.1 Å². The normalized spacial score (nSPS) is 20.1. The van der Waals surface area contributed by atoms with Crippen LogP contribution in [-0.2, 0) is 25.8 Å². The van der Waals surface area contributed by atoms with E-state index in [9.17, 15) is 27.6 Å². The second-order valence-corrected chi connectivity index (χ2v) is 14.8. The summed E-state index contributed by atoms with van der Waals surface area (Å²) >= 11 is 0. The van der Waals surface area contributed by atoms with Crippen molar-refractivity contribution in [3.05, 3.63) is 35.9 Å². The minimum atomic E-state index is -4.95. The van der Waals surface area contributed by atoms with E-state index in [1.165, 1.54) is 6.92 Å². The fourth-order valence-electron chi connectivity index (χ4n) is 3.88. The molecular weight excluding hydrogens is 443 g/mol. The Hall–Kier alpha value is -2.40. The first-order valence-electron chi connectivity index (χ1n) is 10.3. The molecule has 178 valence electrons. The van der Waals surface area contributed by atoms with Gasteiger partial charge in [0.1, 0.15) is 5.92 Å². The Morgan fingerprint density at radius 2 is 1.78 bits per heavy atom. The monoisotopic (exact) mass is 473 g/mol. The number of benzene rings is 1. The maximum atomic E-state index is 12.6. The quantitative estimate of drug-likeness (QED) is 0.222.